The van der Waals surface area contributed by atoms with Gasteiger partial charge in [-0.3, -0.25) is 0 Å². The van der Waals surface area contributed by atoms with Gasteiger partial charge in [0.15, 0.2) is 5.58 Å². The van der Waals surface area contributed by atoms with E-state index in [1.807, 2.05) is 13.8 Å². The van der Waals surface area contributed by atoms with Crippen LogP contribution in [-0.2, 0) is 0 Å². The Morgan fingerprint density at radius 3 is 2.32 bits per heavy atom. The van der Waals surface area contributed by atoms with Gasteiger partial charge in [-0.25, -0.2) is 9.78 Å². The smallest absolute Gasteiger partial charge is 0.335 e. The first-order chi connectivity index (χ1) is 10.5. The van der Waals surface area contributed by atoms with Crippen LogP contribution in [0.5, 0.6) is 0 Å². The molecule has 1 heterocycles. The molecule has 0 saturated heterocycles. The maximum atomic E-state index is 10.9. The molecule has 0 atom stereocenters. The van der Waals surface area contributed by atoms with Crippen LogP contribution in [0.3, 0.4) is 0 Å². The first-order valence-electron chi connectivity index (χ1n) is 6.63. The molecular weight excluding hydrogens is 325 g/mol. The molecule has 4 nitrogen and oxygen atoms in total. The number of hydrogen-bond donors (Lipinski definition) is 1. The number of benzene rings is 2. The molecule has 0 unspecified atom stereocenters. The highest BCUT2D eigenvalue weighted by atomic mass is 35.5. The van der Waals surface area contributed by atoms with E-state index in [0.717, 1.165) is 0 Å². The fourth-order valence-corrected chi connectivity index (χ4v) is 2.38. The SMILES string of the molecule is CC.O=C(O)c1ccc2nc(-c3cc(Cl)cc(Cl)c3)oc2c1. The monoisotopic (exact) mass is 337 g/mol. The van der Waals surface area contributed by atoms with Crippen molar-refractivity contribution in [3.8, 4) is 11.5 Å². The number of oxazole rings is 1. The van der Waals surface area contributed by atoms with Crippen molar-refractivity contribution in [1.29, 1.82) is 0 Å². The molecule has 22 heavy (non-hydrogen) atoms. The number of aromatic nitrogens is 1. The van der Waals surface area contributed by atoms with Crippen LogP contribution >= 0.6 is 23.2 Å². The summed E-state index contributed by atoms with van der Waals surface area (Å²) in [6.45, 7) is 4.00. The van der Waals surface area contributed by atoms with E-state index in [1.165, 1.54) is 12.1 Å². The zero-order valence-electron chi connectivity index (χ0n) is 11.9. The molecule has 0 radical (unpaired) electrons. The van der Waals surface area contributed by atoms with E-state index >= 15 is 0 Å². The second-order valence-corrected chi connectivity index (χ2v) is 5.04. The average Bonchev–Trinajstić information content (AvgIpc) is 2.91. The molecular formula is C16H13Cl2NO3. The third-order valence-electron chi connectivity index (χ3n) is 2.74. The third kappa shape index (κ3) is 3.40. The number of aromatic carboxylic acids is 1. The maximum absolute atomic E-state index is 10.9. The predicted molar refractivity (Wildman–Crippen MR) is 87.8 cm³/mol. The van der Waals surface area contributed by atoms with Gasteiger partial charge in [0.1, 0.15) is 5.52 Å². The fourth-order valence-electron chi connectivity index (χ4n) is 1.86. The molecule has 1 aromatic heterocycles. The van der Waals surface area contributed by atoms with Gasteiger partial charge in [-0.2, -0.15) is 0 Å². The predicted octanol–water partition coefficient (Wildman–Crippen LogP) is 5.53. The van der Waals surface area contributed by atoms with E-state index in [0.29, 0.717) is 32.6 Å². The van der Waals surface area contributed by atoms with Gasteiger partial charge in [0, 0.05) is 15.6 Å². The zero-order chi connectivity index (χ0) is 16.3. The summed E-state index contributed by atoms with van der Waals surface area (Å²) in [5.41, 5.74) is 1.75. The Morgan fingerprint density at radius 1 is 1.09 bits per heavy atom. The lowest BCUT2D eigenvalue weighted by Gasteiger charge is -1.97. The lowest BCUT2D eigenvalue weighted by Crippen LogP contribution is -1.94. The number of carboxylic acids is 1. The highest BCUT2D eigenvalue weighted by Gasteiger charge is 2.12. The number of rotatable bonds is 2. The Morgan fingerprint density at radius 2 is 1.73 bits per heavy atom. The number of halogens is 2. The molecule has 0 bridgehead atoms. The molecule has 0 aliphatic carbocycles. The summed E-state index contributed by atoms with van der Waals surface area (Å²) in [7, 11) is 0. The second-order valence-electron chi connectivity index (χ2n) is 4.16. The van der Waals surface area contributed by atoms with E-state index in [9.17, 15) is 4.79 Å². The van der Waals surface area contributed by atoms with Crippen LogP contribution in [0.1, 0.15) is 24.2 Å². The van der Waals surface area contributed by atoms with E-state index in [1.54, 1.807) is 24.3 Å². The molecule has 0 aliphatic heterocycles. The maximum Gasteiger partial charge on any atom is 0.335 e. The van der Waals surface area contributed by atoms with Gasteiger partial charge in [0.05, 0.1) is 5.56 Å². The molecule has 0 aliphatic rings. The van der Waals surface area contributed by atoms with Gasteiger partial charge in [0.2, 0.25) is 5.89 Å². The van der Waals surface area contributed by atoms with E-state index in [2.05, 4.69) is 4.98 Å². The summed E-state index contributed by atoms with van der Waals surface area (Å²) in [6.07, 6.45) is 0. The van der Waals surface area contributed by atoms with Gasteiger partial charge in [0.25, 0.3) is 0 Å². The first-order valence-corrected chi connectivity index (χ1v) is 7.39. The van der Waals surface area contributed by atoms with Crippen LogP contribution in [0.25, 0.3) is 22.6 Å². The number of carboxylic acid groups (broad SMARTS) is 1. The largest absolute Gasteiger partial charge is 0.478 e. The van der Waals surface area contributed by atoms with Crippen LogP contribution < -0.4 is 0 Å². The second kappa shape index (κ2) is 6.81. The van der Waals surface area contributed by atoms with Gasteiger partial charge >= 0.3 is 5.97 Å². The van der Waals surface area contributed by atoms with Crippen molar-refractivity contribution in [1.82, 2.24) is 4.98 Å². The van der Waals surface area contributed by atoms with Crippen molar-refractivity contribution in [2.45, 2.75) is 13.8 Å². The minimum Gasteiger partial charge on any atom is -0.478 e. The van der Waals surface area contributed by atoms with Crippen molar-refractivity contribution in [3.05, 3.63) is 52.0 Å². The fraction of sp³-hybridized carbons (Fsp3) is 0.125. The minimum atomic E-state index is -1.02. The Bertz CT molecular complexity index is 807. The Labute approximate surface area is 137 Å². The Balaban J connectivity index is 0.000000847. The molecule has 0 fully saturated rings. The summed E-state index contributed by atoms with van der Waals surface area (Å²) >= 11 is 11.9. The van der Waals surface area contributed by atoms with Crippen LogP contribution in [0, 0.1) is 0 Å². The standard InChI is InChI=1S/C14H7Cl2NO3.C2H6/c15-9-3-8(4-10(16)6-9)13-17-11-2-1-7(14(18)19)5-12(11)20-13;1-2/h1-6H,(H,18,19);1-2H3. The minimum absolute atomic E-state index is 0.143. The Hall–Kier alpha value is -2.04. The molecule has 114 valence electrons. The highest BCUT2D eigenvalue weighted by Crippen LogP contribution is 2.29. The summed E-state index contributed by atoms with van der Waals surface area (Å²) in [4.78, 5) is 15.2. The third-order valence-corrected chi connectivity index (χ3v) is 3.18. The van der Waals surface area contributed by atoms with Crippen molar-refractivity contribution >= 4 is 40.3 Å². The average molecular weight is 338 g/mol. The summed E-state index contributed by atoms with van der Waals surface area (Å²) < 4.78 is 5.56. The summed E-state index contributed by atoms with van der Waals surface area (Å²) in [5, 5.41) is 9.89. The topological polar surface area (TPSA) is 63.3 Å². The summed E-state index contributed by atoms with van der Waals surface area (Å²) in [6, 6.07) is 9.46. The molecule has 0 amide bonds. The first kappa shape index (κ1) is 16.3. The van der Waals surface area contributed by atoms with Crippen molar-refractivity contribution in [2.75, 3.05) is 0 Å². The molecule has 1 N–H and O–H groups in total. The summed E-state index contributed by atoms with van der Waals surface area (Å²) in [5.74, 6) is -0.678. The highest BCUT2D eigenvalue weighted by molar-refractivity contribution is 6.35. The van der Waals surface area contributed by atoms with Crippen LogP contribution in [0.15, 0.2) is 40.8 Å². The zero-order valence-corrected chi connectivity index (χ0v) is 13.4. The van der Waals surface area contributed by atoms with E-state index in [-0.39, 0.29) is 5.56 Å². The molecule has 2 aromatic carbocycles. The number of carbonyl (C=O) groups is 1. The van der Waals surface area contributed by atoms with Crippen LogP contribution in [-0.4, -0.2) is 16.1 Å². The van der Waals surface area contributed by atoms with Gasteiger partial charge in [-0.05, 0) is 36.4 Å². The molecule has 0 spiro atoms. The van der Waals surface area contributed by atoms with Crippen LogP contribution in [0.4, 0.5) is 0 Å². The van der Waals surface area contributed by atoms with Crippen molar-refractivity contribution in [2.24, 2.45) is 0 Å². The van der Waals surface area contributed by atoms with Gasteiger partial charge in [-0.1, -0.05) is 37.0 Å². The van der Waals surface area contributed by atoms with Crippen molar-refractivity contribution < 1.29 is 14.3 Å². The Kier molecular flexibility index (Phi) is 5.06. The lowest BCUT2D eigenvalue weighted by atomic mass is 10.2. The van der Waals surface area contributed by atoms with Gasteiger partial charge in [-0.15, -0.1) is 0 Å². The lowest BCUT2D eigenvalue weighted by molar-refractivity contribution is 0.0697. The number of hydrogen-bond acceptors (Lipinski definition) is 3. The van der Waals surface area contributed by atoms with E-state index < -0.39 is 5.97 Å². The quantitative estimate of drug-likeness (QED) is 0.668. The molecule has 0 saturated carbocycles. The van der Waals surface area contributed by atoms with Gasteiger partial charge < -0.3 is 9.52 Å². The van der Waals surface area contributed by atoms with Crippen molar-refractivity contribution in [3.63, 3.8) is 0 Å². The molecule has 6 heteroatoms. The normalized spacial score (nSPS) is 10.2. The molecule has 3 aromatic rings. The number of nitrogens with zero attached hydrogens (tertiary/aromatic N) is 1. The van der Waals surface area contributed by atoms with Crippen LogP contribution in [0.2, 0.25) is 10.0 Å². The number of fused-ring (bicyclic) bond motifs is 1. The van der Waals surface area contributed by atoms with E-state index in [4.69, 9.17) is 32.7 Å². The molecule has 3 rings (SSSR count).